The number of hydrogen-bond donors (Lipinski definition) is 3. The molecule has 0 aromatic heterocycles. The Bertz CT molecular complexity index is 1130. The number of piperidine rings is 1. The second kappa shape index (κ2) is 9.93. The molecule has 1 saturated heterocycles. The summed E-state index contributed by atoms with van der Waals surface area (Å²) in [5, 5.41) is 14.5. The first kappa shape index (κ1) is 24.5. The topological polar surface area (TPSA) is 108 Å². The molecule has 35 heavy (non-hydrogen) atoms. The van der Waals surface area contributed by atoms with E-state index >= 15 is 4.39 Å². The van der Waals surface area contributed by atoms with Crippen LogP contribution in [0.25, 0.3) is 0 Å². The third-order valence-corrected chi connectivity index (χ3v) is 6.77. The van der Waals surface area contributed by atoms with Crippen LogP contribution in [-0.4, -0.2) is 66.4 Å². The lowest BCUT2D eigenvalue weighted by Gasteiger charge is -2.35. The van der Waals surface area contributed by atoms with Crippen LogP contribution < -0.4 is 15.4 Å². The predicted octanol–water partition coefficient (Wildman–Crippen LogP) is 3.56. The molecule has 8 nitrogen and oxygen atoms in total. The highest BCUT2D eigenvalue weighted by molar-refractivity contribution is 6.02. The zero-order valence-electron chi connectivity index (χ0n) is 19.8. The van der Waals surface area contributed by atoms with Gasteiger partial charge < -0.3 is 25.4 Å². The van der Waals surface area contributed by atoms with Crippen molar-refractivity contribution in [2.24, 2.45) is 0 Å². The summed E-state index contributed by atoms with van der Waals surface area (Å²) in [6.45, 7) is 2.08. The summed E-state index contributed by atoms with van der Waals surface area (Å²) >= 11 is 0. The van der Waals surface area contributed by atoms with Gasteiger partial charge in [0, 0.05) is 43.6 Å². The average molecular weight is 484 g/mol. The smallest absolute Gasteiger partial charge is 0.407 e. The van der Waals surface area contributed by atoms with Crippen molar-refractivity contribution >= 4 is 17.9 Å². The van der Waals surface area contributed by atoms with Gasteiger partial charge in [0.25, 0.3) is 11.8 Å². The SMILES string of the molecule is CNC(=O)c1cc(C(=O)NCCC2(F)CCCN(C(=O)O)C2)cc2c1OC(C)C2c1ccccc1. The van der Waals surface area contributed by atoms with E-state index in [0.717, 1.165) is 16.0 Å². The van der Waals surface area contributed by atoms with Gasteiger partial charge in [-0.15, -0.1) is 0 Å². The van der Waals surface area contributed by atoms with Gasteiger partial charge in [0.1, 0.15) is 17.5 Å². The number of nitrogens with one attached hydrogen (secondary N) is 2. The predicted molar refractivity (Wildman–Crippen MR) is 128 cm³/mol. The normalized spacial score (nSPS) is 23.2. The first-order chi connectivity index (χ1) is 16.7. The molecule has 186 valence electrons. The Kier molecular flexibility index (Phi) is 6.95. The van der Waals surface area contributed by atoms with E-state index in [1.807, 2.05) is 37.3 Å². The highest BCUT2D eigenvalue weighted by atomic mass is 19.1. The molecule has 2 heterocycles. The highest BCUT2D eigenvalue weighted by Crippen LogP contribution is 2.44. The molecule has 2 aliphatic heterocycles. The molecular formula is C26H30FN3O5. The number of hydrogen-bond acceptors (Lipinski definition) is 4. The van der Waals surface area contributed by atoms with Crippen molar-refractivity contribution in [1.29, 1.82) is 0 Å². The van der Waals surface area contributed by atoms with Crippen LogP contribution in [0.5, 0.6) is 5.75 Å². The van der Waals surface area contributed by atoms with Gasteiger partial charge in [0.05, 0.1) is 12.1 Å². The third-order valence-electron chi connectivity index (χ3n) is 6.77. The molecule has 0 aliphatic carbocycles. The van der Waals surface area contributed by atoms with Gasteiger partial charge in [-0.2, -0.15) is 0 Å². The van der Waals surface area contributed by atoms with Crippen molar-refractivity contribution in [2.45, 2.75) is 43.9 Å². The fourth-order valence-electron chi connectivity index (χ4n) is 5.02. The van der Waals surface area contributed by atoms with Crippen molar-refractivity contribution in [1.82, 2.24) is 15.5 Å². The molecule has 0 radical (unpaired) electrons. The number of carbonyl (C=O) groups is 3. The standard InChI is InChI=1S/C26H30FN3O5/c1-16-21(17-7-4-3-5-8-17)19-13-18(14-20(22(19)35-16)24(32)28-2)23(31)29-11-10-26(27)9-6-12-30(15-26)25(33)34/h3-5,7-8,13-14,16,21H,6,9-12,15H2,1-2H3,(H,28,32)(H,29,31)(H,33,34). The first-order valence-electron chi connectivity index (χ1n) is 11.8. The molecule has 2 aliphatic rings. The molecule has 4 rings (SSSR count). The largest absolute Gasteiger partial charge is 0.489 e. The summed E-state index contributed by atoms with van der Waals surface area (Å²) < 4.78 is 21.3. The van der Waals surface area contributed by atoms with Crippen LogP contribution in [0, 0.1) is 0 Å². The van der Waals surface area contributed by atoms with E-state index in [0.29, 0.717) is 18.7 Å². The minimum atomic E-state index is -1.68. The van der Waals surface area contributed by atoms with Gasteiger partial charge in [0.15, 0.2) is 0 Å². The number of nitrogens with zero attached hydrogens (tertiary/aromatic N) is 1. The number of halogens is 1. The van der Waals surface area contributed by atoms with Crippen LogP contribution in [0.4, 0.5) is 9.18 Å². The van der Waals surface area contributed by atoms with Crippen molar-refractivity contribution in [3.05, 3.63) is 64.7 Å². The highest BCUT2D eigenvalue weighted by Gasteiger charge is 2.38. The number of rotatable bonds is 6. The molecule has 0 saturated carbocycles. The number of alkyl halides is 1. The Balaban J connectivity index is 1.55. The number of fused-ring (bicyclic) bond motifs is 1. The number of benzene rings is 2. The van der Waals surface area contributed by atoms with Gasteiger partial charge >= 0.3 is 6.09 Å². The summed E-state index contributed by atoms with van der Waals surface area (Å²) in [6.07, 6.45) is -0.678. The van der Waals surface area contributed by atoms with Gasteiger partial charge in [0.2, 0.25) is 0 Å². The summed E-state index contributed by atoms with van der Waals surface area (Å²) in [5.41, 5.74) is 0.633. The first-order valence-corrected chi connectivity index (χ1v) is 11.8. The van der Waals surface area contributed by atoms with Crippen LogP contribution >= 0.6 is 0 Å². The molecule has 9 heteroatoms. The Labute approximate surface area is 203 Å². The third kappa shape index (κ3) is 5.08. The Morgan fingerprint density at radius 3 is 2.63 bits per heavy atom. The fraction of sp³-hybridized carbons (Fsp3) is 0.423. The lowest BCUT2D eigenvalue weighted by molar-refractivity contribution is 0.0391. The summed E-state index contributed by atoms with van der Waals surface area (Å²) in [7, 11) is 1.51. The monoisotopic (exact) mass is 483 g/mol. The maximum absolute atomic E-state index is 15.2. The number of likely N-dealkylation sites (tertiary alicyclic amines) is 1. The number of carboxylic acid groups (broad SMARTS) is 1. The molecule has 2 aromatic carbocycles. The minimum absolute atomic E-state index is 0.00253. The van der Waals surface area contributed by atoms with E-state index in [1.165, 1.54) is 13.1 Å². The van der Waals surface area contributed by atoms with E-state index in [2.05, 4.69) is 10.6 Å². The lowest BCUT2D eigenvalue weighted by atomic mass is 9.87. The number of carbonyl (C=O) groups excluding carboxylic acids is 2. The molecular weight excluding hydrogens is 453 g/mol. The van der Waals surface area contributed by atoms with Crippen LogP contribution in [0.1, 0.15) is 63.9 Å². The Morgan fingerprint density at radius 2 is 1.94 bits per heavy atom. The van der Waals surface area contributed by atoms with E-state index in [4.69, 9.17) is 9.84 Å². The van der Waals surface area contributed by atoms with E-state index in [1.54, 1.807) is 6.07 Å². The van der Waals surface area contributed by atoms with Crippen molar-refractivity contribution in [3.8, 4) is 5.75 Å². The van der Waals surface area contributed by atoms with Gasteiger partial charge in [-0.25, -0.2) is 9.18 Å². The second-order valence-electron chi connectivity index (χ2n) is 9.20. The van der Waals surface area contributed by atoms with Crippen molar-refractivity contribution in [3.63, 3.8) is 0 Å². The second-order valence-corrected chi connectivity index (χ2v) is 9.20. The van der Waals surface area contributed by atoms with Gasteiger partial charge in [-0.05, 0) is 37.5 Å². The summed E-state index contributed by atoms with van der Waals surface area (Å²) in [4.78, 5) is 37.9. The maximum atomic E-state index is 15.2. The molecule has 2 aromatic rings. The van der Waals surface area contributed by atoms with Crippen LogP contribution in [0.2, 0.25) is 0 Å². The average Bonchev–Trinajstić information content (AvgIpc) is 3.18. The molecule has 3 N–H and O–H groups in total. The zero-order chi connectivity index (χ0) is 25.2. The number of ether oxygens (including phenoxy) is 1. The van der Waals surface area contributed by atoms with Crippen LogP contribution in [0.3, 0.4) is 0 Å². The van der Waals surface area contributed by atoms with Gasteiger partial charge in [-0.1, -0.05) is 30.3 Å². The van der Waals surface area contributed by atoms with Crippen molar-refractivity contribution in [2.75, 3.05) is 26.7 Å². The summed E-state index contributed by atoms with van der Waals surface area (Å²) in [6, 6.07) is 13.0. The summed E-state index contributed by atoms with van der Waals surface area (Å²) in [5.74, 6) is -0.490. The van der Waals surface area contributed by atoms with E-state index < -0.39 is 17.7 Å². The molecule has 1 fully saturated rings. The van der Waals surface area contributed by atoms with Gasteiger partial charge in [-0.3, -0.25) is 9.59 Å². The number of amides is 3. The maximum Gasteiger partial charge on any atom is 0.407 e. The Hall–Kier alpha value is -3.62. The van der Waals surface area contributed by atoms with E-state index in [-0.39, 0.29) is 55.0 Å². The quantitative estimate of drug-likeness (QED) is 0.582. The molecule has 3 unspecified atom stereocenters. The Morgan fingerprint density at radius 1 is 1.20 bits per heavy atom. The molecule has 0 bridgehead atoms. The minimum Gasteiger partial charge on any atom is -0.489 e. The van der Waals surface area contributed by atoms with Crippen molar-refractivity contribution < 1.29 is 28.6 Å². The fourth-order valence-corrected chi connectivity index (χ4v) is 5.02. The molecule has 0 spiro atoms. The lowest BCUT2D eigenvalue weighted by Crippen LogP contribution is -2.48. The van der Waals surface area contributed by atoms with E-state index in [9.17, 15) is 14.4 Å². The zero-order valence-corrected chi connectivity index (χ0v) is 19.8. The van der Waals surface area contributed by atoms with Crippen LogP contribution in [0.15, 0.2) is 42.5 Å². The molecule has 3 amide bonds. The van der Waals surface area contributed by atoms with Crippen LogP contribution in [-0.2, 0) is 0 Å². The molecule has 3 atom stereocenters.